The van der Waals surface area contributed by atoms with Gasteiger partial charge < -0.3 is 14.8 Å². The number of allylic oxidation sites excluding steroid dienone is 1. The second-order valence-corrected chi connectivity index (χ2v) is 8.74. The molecule has 1 aliphatic heterocycles. The molecule has 3 aromatic rings. The average molecular weight is 493 g/mol. The number of carbonyl (C=O) groups excluding carboxylic acids is 1. The van der Waals surface area contributed by atoms with Crippen LogP contribution in [0.1, 0.15) is 18.9 Å². The largest absolute Gasteiger partial charge is 0.373 e. The van der Waals surface area contributed by atoms with Crippen molar-refractivity contribution in [2.45, 2.75) is 18.9 Å². The summed E-state index contributed by atoms with van der Waals surface area (Å²) in [6.45, 7) is 2.08. The molecule has 4 rings (SSSR count). The van der Waals surface area contributed by atoms with Crippen molar-refractivity contribution in [3.63, 3.8) is 0 Å². The quantitative estimate of drug-likeness (QED) is 0.425. The number of hydrogen-bond donors (Lipinski definition) is 1. The predicted molar refractivity (Wildman–Crippen MR) is 125 cm³/mol. The lowest BCUT2D eigenvalue weighted by atomic mass is 9.87. The van der Waals surface area contributed by atoms with Crippen LogP contribution in [-0.2, 0) is 17.4 Å². The summed E-state index contributed by atoms with van der Waals surface area (Å²) < 4.78 is 31.2. The van der Waals surface area contributed by atoms with Crippen molar-refractivity contribution in [2.24, 2.45) is 7.05 Å². The van der Waals surface area contributed by atoms with E-state index in [0.29, 0.717) is 6.54 Å². The Labute approximate surface area is 198 Å². The van der Waals surface area contributed by atoms with Crippen LogP contribution in [0.25, 0.3) is 10.9 Å². The summed E-state index contributed by atoms with van der Waals surface area (Å²) in [6, 6.07) is 5.19. The van der Waals surface area contributed by atoms with Crippen LogP contribution < -0.4 is 10.9 Å². The molecule has 0 bridgehead atoms. The zero-order valence-corrected chi connectivity index (χ0v) is 19.3. The fourth-order valence-electron chi connectivity index (χ4n) is 4.21. The number of rotatable bonds is 4. The first kappa shape index (κ1) is 23.2. The minimum Gasteiger partial charge on any atom is -0.373 e. The van der Waals surface area contributed by atoms with Crippen molar-refractivity contribution in [1.82, 2.24) is 14.5 Å². The van der Waals surface area contributed by atoms with E-state index in [-0.39, 0.29) is 51.1 Å². The SMILES string of the molecule is C/C=C/C(=O)N1CC[C@@](Nc2cc(F)c3ncn(C)c(=O)c3c2)(c2c(F)ccc(Cl)c2Cl)C1. The highest BCUT2D eigenvalue weighted by Gasteiger charge is 2.44. The molecular weight excluding hydrogens is 473 g/mol. The number of likely N-dealkylation sites (tertiary alicyclic amines) is 1. The van der Waals surface area contributed by atoms with E-state index < -0.39 is 22.7 Å². The van der Waals surface area contributed by atoms with Crippen molar-refractivity contribution in [2.75, 3.05) is 18.4 Å². The second kappa shape index (κ2) is 8.76. The standard InChI is InChI=1S/C23H20Cl2F2N4O2/c1-3-4-18(32)31-8-7-23(11-31,19-16(26)6-5-15(24)20(19)25)29-13-9-14-21(17(27)10-13)28-12-30(2)22(14)33/h3-6,9-10,12,29H,7-8,11H2,1-2H3/b4-3+/t23-/m0/s1. The summed E-state index contributed by atoms with van der Waals surface area (Å²) in [6.07, 6.45) is 4.55. The van der Waals surface area contributed by atoms with Crippen LogP contribution in [0.5, 0.6) is 0 Å². The maximum atomic E-state index is 15.1. The van der Waals surface area contributed by atoms with E-state index in [1.807, 2.05) is 0 Å². The number of carbonyl (C=O) groups is 1. The molecule has 1 atom stereocenters. The molecule has 2 heterocycles. The molecule has 1 saturated heterocycles. The van der Waals surface area contributed by atoms with E-state index in [4.69, 9.17) is 23.2 Å². The summed E-state index contributed by atoms with van der Waals surface area (Å²) in [4.78, 5) is 30.6. The van der Waals surface area contributed by atoms with Crippen molar-refractivity contribution in [3.05, 3.63) is 80.3 Å². The van der Waals surface area contributed by atoms with Crippen LogP contribution in [0.2, 0.25) is 10.0 Å². The first-order valence-electron chi connectivity index (χ1n) is 10.2. The molecule has 10 heteroatoms. The van der Waals surface area contributed by atoms with Crippen molar-refractivity contribution >= 4 is 45.7 Å². The van der Waals surface area contributed by atoms with E-state index in [1.54, 1.807) is 17.9 Å². The van der Waals surface area contributed by atoms with Crippen LogP contribution >= 0.6 is 23.2 Å². The normalized spacial score (nSPS) is 18.4. The van der Waals surface area contributed by atoms with Crippen LogP contribution in [0, 0.1) is 11.6 Å². The lowest BCUT2D eigenvalue weighted by Gasteiger charge is -2.33. The lowest BCUT2D eigenvalue weighted by molar-refractivity contribution is -0.125. The van der Waals surface area contributed by atoms with Crippen LogP contribution in [0.4, 0.5) is 14.5 Å². The number of nitrogens with zero attached hydrogens (tertiary/aromatic N) is 3. The number of hydrogen-bond acceptors (Lipinski definition) is 4. The maximum absolute atomic E-state index is 15.1. The zero-order valence-electron chi connectivity index (χ0n) is 17.8. The number of aryl methyl sites for hydroxylation is 1. The summed E-state index contributed by atoms with van der Waals surface area (Å²) in [5.74, 6) is -1.57. The molecule has 1 aromatic heterocycles. The van der Waals surface area contributed by atoms with Crippen molar-refractivity contribution < 1.29 is 13.6 Å². The summed E-state index contributed by atoms with van der Waals surface area (Å²) >= 11 is 12.6. The van der Waals surface area contributed by atoms with Gasteiger partial charge in [0.25, 0.3) is 5.56 Å². The van der Waals surface area contributed by atoms with Gasteiger partial charge in [0.15, 0.2) is 5.82 Å². The Morgan fingerprint density at radius 2 is 2.00 bits per heavy atom. The lowest BCUT2D eigenvalue weighted by Crippen LogP contribution is -2.41. The van der Waals surface area contributed by atoms with Gasteiger partial charge in [-0.1, -0.05) is 29.3 Å². The molecule has 0 saturated carbocycles. The topological polar surface area (TPSA) is 67.2 Å². The average Bonchev–Trinajstić information content (AvgIpc) is 3.19. The minimum atomic E-state index is -1.21. The summed E-state index contributed by atoms with van der Waals surface area (Å²) in [5.41, 5.74) is -1.41. The highest BCUT2D eigenvalue weighted by molar-refractivity contribution is 6.42. The Morgan fingerprint density at radius 1 is 1.24 bits per heavy atom. The molecule has 172 valence electrons. The second-order valence-electron chi connectivity index (χ2n) is 7.95. The van der Waals surface area contributed by atoms with Gasteiger partial charge >= 0.3 is 0 Å². The Balaban J connectivity index is 1.87. The van der Waals surface area contributed by atoms with E-state index in [2.05, 4.69) is 10.3 Å². The Hall–Kier alpha value is -2.97. The van der Waals surface area contributed by atoms with Gasteiger partial charge in [0.2, 0.25) is 5.91 Å². The number of benzene rings is 2. The molecule has 1 N–H and O–H groups in total. The Morgan fingerprint density at radius 3 is 2.73 bits per heavy atom. The van der Waals surface area contributed by atoms with Gasteiger partial charge in [0.05, 0.1) is 27.3 Å². The van der Waals surface area contributed by atoms with Gasteiger partial charge in [-0.05, 0) is 43.7 Å². The van der Waals surface area contributed by atoms with Gasteiger partial charge in [-0.2, -0.15) is 0 Å². The zero-order chi connectivity index (χ0) is 23.9. The fraction of sp³-hybridized carbons (Fsp3) is 0.261. The highest BCUT2D eigenvalue weighted by Crippen LogP contribution is 2.43. The van der Waals surface area contributed by atoms with Gasteiger partial charge in [-0.3, -0.25) is 9.59 Å². The van der Waals surface area contributed by atoms with Gasteiger partial charge in [0, 0.05) is 31.4 Å². The first-order valence-corrected chi connectivity index (χ1v) is 10.9. The summed E-state index contributed by atoms with van der Waals surface area (Å²) in [7, 11) is 1.51. The maximum Gasteiger partial charge on any atom is 0.261 e. The molecule has 0 unspecified atom stereocenters. The molecule has 0 radical (unpaired) electrons. The number of fused-ring (bicyclic) bond motifs is 1. The number of halogens is 4. The number of nitrogens with one attached hydrogen (secondary N) is 1. The van der Waals surface area contributed by atoms with Crippen molar-refractivity contribution in [3.8, 4) is 0 Å². The minimum absolute atomic E-state index is 0.00309. The smallest absolute Gasteiger partial charge is 0.261 e. The highest BCUT2D eigenvalue weighted by atomic mass is 35.5. The van der Waals surface area contributed by atoms with E-state index in [1.165, 1.54) is 48.3 Å². The monoisotopic (exact) mass is 492 g/mol. The van der Waals surface area contributed by atoms with E-state index in [0.717, 1.165) is 0 Å². The molecule has 6 nitrogen and oxygen atoms in total. The third kappa shape index (κ3) is 4.09. The van der Waals surface area contributed by atoms with Crippen LogP contribution in [0.15, 0.2) is 47.5 Å². The molecule has 33 heavy (non-hydrogen) atoms. The molecule has 1 amide bonds. The molecular formula is C23H20Cl2F2N4O2. The van der Waals surface area contributed by atoms with Crippen LogP contribution in [0.3, 0.4) is 0 Å². The molecule has 1 aliphatic rings. The van der Waals surface area contributed by atoms with Crippen molar-refractivity contribution in [1.29, 1.82) is 0 Å². The summed E-state index contributed by atoms with van der Waals surface area (Å²) in [5, 5.41) is 3.39. The fourth-order valence-corrected chi connectivity index (χ4v) is 4.70. The Bertz CT molecular complexity index is 1360. The number of anilines is 1. The van der Waals surface area contributed by atoms with Gasteiger partial charge in [-0.25, -0.2) is 13.8 Å². The molecule has 2 aromatic carbocycles. The van der Waals surface area contributed by atoms with Gasteiger partial charge in [-0.15, -0.1) is 0 Å². The number of amides is 1. The number of aromatic nitrogens is 2. The Kier molecular flexibility index (Phi) is 6.16. The third-order valence-electron chi connectivity index (χ3n) is 5.77. The van der Waals surface area contributed by atoms with Crippen LogP contribution in [-0.4, -0.2) is 33.4 Å². The van der Waals surface area contributed by atoms with E-state index >= 15 is 4.39 Å². The predicted octanol–water partition coefficient (Wildman–Crippen LogP) is 4.63. The van der Waals surface area contributed by atoms with E-state index in [9.17, 15) is 14.0 Å². The molecule has 0 spiro atoms. The molecule has 0 aliphatic carbocycles. The first-order chi connectivity index (χ1) is 15.7. The molecule has 1 fully saturated rings. The van der Waals surface area contributed by atoms with Gasteiger partial charge in [0.1, 0.15) is 11.3 Å². The third-order valence-corrected chi connectivity index (χ3v) is 6.57.